The highest BCUT2D eigenvalue weighted by molar-refractivity contribution is 5.94. The van der Waals surface area contributed by atoms with Crippen molar-refractivity contribution in [3.63, 3.8) is 0 Å². The Morgan fingerprint density at radius 3 is 1.89 bits per heavy atom. The molecule has 3 rings (SSSR count). The maximum Gasteiger partial charge on any atom is 0.320 e. The van der Waals surface area contributed by atoms with E-state index in [-0.39, 0.29) is 119 Å². The first-order valence-corrected chi connectivity index (χ1v) is 22.4. The number of benzene rings is 1. The number of ketones is 3. The third kappa shape index (κ3) is 19.2. The number of aryl methyl sites for hydroxylation is 1. The summed E-state index contributed by atoms with van der Waals surface area (Å²) in [6.07, 6.45) is 5.06. The zero-order valence-electron chi connectivity index (χ0n) is 38.1. The Labute approximate surface area is 375 Å². The SMILES string of the molecule is CCC(C)[C@H](NC(=O)[C@@H](CC(C)=O)Cc1cnc[nH]1)C(=O)C[C@@H](CC(C)C)C(=O)NCc1ccc(CCC(=O)CCC(C(=O)O)N2CCN(CC(=O)O)CCN(CC(=O)O)CC2)cc1. The van der Waals surface area contributed by atoms with Crippen LogP contribution in [0.25, 0.3) is 0 Å². The third-order valence-electron chi connectivity index (χ3n) is 11.8. The minimum Gasteiger partial charge on any atom is -0.480 e. The Bertz CT molecular complexity index is 1830. The number of aromatic amines is 1. The van der Waals surface area contributed by atoms with E-state index in [1.54, 1.807) is 20.9 Å². The number of H-pyrrole nitrogens is 1. The Kier molecular flexibility index (Phi) is 22.4. The lowest BCUT2D eigenvalue weighted by molar-refractivity contribution is -0.144. The summed E-state index contributed by atoms with van der Waals surface area (Å²) in [6, 6.07) is 5.59. The van der Waals surface area contributed by atoms with E-state index >= 15 is 0 Å². The molecule has 64 heavy (non-hydrogen) atoms. The van der Waals surface area contributed by atoms with Crippen molar-refractivity contribution in [3.8, 4) is 0 Å². The van der Waals surface area contributed by atoms with Crippen LogP contribution in [-0.4, -0.2) is 152 Å². The predicted molar refractivity (Wildman–Crippen MR) is 237 cm³/mol. The van der Waals surface area contributed by atoms with Crippen molar-refractivity contribution in [2.24, 2.45) is 23.7 Å². The highest BCUT2D eigenvalue weighted by atomic mass is 16.4. The summed E-state index contributed by atoms with van der Waals surface area (Å²) in [5, 5.41) is 34.7. The van der Waals surface area contributed by atoms with E-state index in [9.17, 15) is 53.7 Å². The Morgan fingerprint density at radius 1 is 0.781 bits per heavy atom. The number of nitrogens with zero attached hydrogens (tertiary/aromatic N) is 4. The molecule has 1 saturated heterocycles. The Hall–Kier alpha value is -5.33. The van der Waals surface area contributed by atoms with Gasteiger partial charge in [0.1, 0.15) is 17.6 Å². The summed E-state index contributed by atoms with van der Waals surface area (Å²) in [5.41, 5.74) is 2.40. The number of aromatic nitrogens is 2. The van der Waals surface area contributed by atoms with E-state index in [1.165, 1.54) is 13.3 Å². The monoisotopic (exact) mass is 896 g/mol. The minimum atomic E-state index is -1.11. The average Bonchev–Trinajstić information content (AvgIpc) is 3.77. The van der Waals surface area contributed by atoms with E-state index in [0.29, 0.717) is 38.0 Å². The lowest BCUT2D eigenvalue weighted by Gasteiger charge is -2.30. The van der Waals surface area contributed by atoms with Gasteiger partial charge in [-0.15, -0.1) is 0 Å². The molecule has 0 aliphatic carbocycles. The number of imidazole rings is 1. The highest BCUT2D eigenvalue weighted by Gasteiger charge is 2.33. The van der Waals surface area contributed by atoms with Crippen molar-refractivity contribution >= 4 is 47.1 Å². The minimum absolute atomic E-state index is 0.0118. The van der Waals surface area contributed by atoms with E-state index in [4.69, 9.17) is 0 Å². The van der Waals surface area contributed by atoms with Gasteiger partial charge in [0.15, 0.2) is 5.78 Å². The van der Waals surface area contributed by atoms with Crippen LogP contribution in [0.1, 0.15) is 96.4 Å². The van der Waals surface area contributed by atoms with Gasteiger partial charge in [-0.2, -0.15) is 0 Å². The fraction of sp³-hybridized carbons (Fsp3) is 0.630. The molecule has 1 aromatic carbocycles. The normalized spacial score (nSPS) is 16.6. The number of amides is 2. The molecule has 18 nitrogen and oxygen atoms in total. The molecule has 2 heterocycles. The van der Waals surface area contributed by atoms with Crippen molar-refractivity contribution in [1.82, 2.24) is 35.3 Å². The van der Waals surface area contributed by atoms with Gasteiger partial charge in [-0.3, -0.25) is 48.3 Å². The summed E-state index contributed by atoms with van der Waals surface area (Å²) in [6.45, 7) is 10.6. The first-order chi connectivity index (χ1) is 30.3. The number of aliphatic carboxylic acids is 3. The van der Waals surface area contributed by atoms with Crippen LogP contribution in [0.15, 0.2) is 36.8 Å². The fourth-order valence-corrected chi connectivity index (χ4v) is 8.03. The lowest BCUT2D eigenvalue weighted by Crippen LogP contribution is -2.49. The number of hydrogen-bond acceptors (Lipinski definition) is 12. The third-order valence-corrected chi connectivity index (χ3v) is 11.8. The molecule has 354 valence electrons. The molecule has 1 aromatic heterocycles. The number of carboxylic acid groups (broad SMARTS) is 3. The summed E-state index contributed by atoms with van der Waals surface area (Å²) in [7, 11) is 0. The van der Waals surface area contributed by atoms with Crippen LogP contribution < -0.4 is 10.6 Å². The second-order valence-corrected chi connectivity index (χ2v) is 17.6. The number of Topliss-reactive ketones (excluding diaryl/α,β-unsaturated/α-hetero) is 3. The van der Waals surface area contributed by atoms with Crippen LogP contribution in [0.5, 0.6) is 0 Å². The lowest BCUT2D eigenvalue weighted by atomic mass is 9.85. The molecule has 0 saturated carbocycles. The molecule has 6 N–H and O–H groups in total. The zero-order chi connectivity index (χ0) is 47.3. The largest absolute Gasteiger partial charge is 0.480 e. The molecule has 18 heteroatoms. The fourth-order valence-electron chi connectivity index (χ4n) is 8.03. The quantitative estimate of drug-likeness (QED) is 0.0718. The molecular formula is C46H69N7O11. The molecule has 0 bridgehead atoms. The average molecular weight is 896 g/mol. The molecule has 2 amide bonds. The maximum atomic E-state index is 13.9. The van der Waals surface area contributed by atoms with E-state index < -0.39 is 47.7 Å². The molecule has 0 radical (unpaired) electrons. The van der Waals surface area contributed by atoms with Crippen LogP contribution in [0, 0.1) is 23.7 Å². The van der Waals surface area contributed by atoms with Crippen LogP contribution >= 0.6 is 0 Å². The maximum absolute atomic E-state index is 13.9. The van der Waals surface area contributed by atoms with Gasteiger partial charge in [0.25, 0.3) is 0 Å². The van der Waals surface area contributed by atoms with Gasteiger partial charge in [0.05, 0.1) is 31.4 Å². The molecule has 2 aromatic rings. The van der Waals surface area contributed by atoms with Crippen molar-refractivity contribution < 1.29 is 53.7 Å². The molecule has 1 aliphatic heterocycles. The zero-order valence-corrected chi connectivity index (χ0v) is 38.1. The number of hydrogen-bond donors (Lipinski definition) is 6. The van der Waals surface area contributed by atoms with Gasteiger partial charge in [0.2, 0.25) is 11.8 Å². The summed E-state index contributed by atoms with van der Waals surface area (Å²) in [5.74, 6) is -5.78. The van der Waals surface area contributed by atoms with E-state index in [0.717, 1.165) is 11.1 Å². The van der Waals surface area contributed by atoms with Gasteiger partial charge in [-0.1, -0.05) is 58.4 Å². The smallest absolute Gasteiger partial charge is 0.320 e. The van der Waals surface area contributed by atoms with E-state index in [2.05, 4.69) is 20.6 Å². The summed E-state index contributed by atoms with van der Waals surface area (Å²) in [4.78, 5) is 113. The number of rotatable bonds is 28. The van der Waals surface area contributed by atoms with Gasteiger partial charge in [-0.05, 0) is 49.1 Å². The molecule has 2 unspecified atom stereocenters. The van der Waals surface area contributed by atoms with Crippen molar-refractivity contribution in [2.45, 2.75) is 111 Å². The van der Waals surface area contributed by atoms with E-state index in [1.807, 2.05) is 52.0 Å². The van der Waals surface area contributed by atoms with Crippen LogP contribution in [0.3, 0.4) is 0 Å². The first kappa shape index (κ1) is 53.0. The summed E-state index contributed by atoms with van der Waals surface area (Å²) < 4.78 is 0. The van der Waals surface area contributed by atoms with Gasteiger partial charge in [0, 0.05) is 95.7 Å². The van der Waals surface area contributed by atoms with Crippen molar-refractivity contribution in [2.75, 3.05) is 52.4 Å². The molecular weight excluding hydrogens is 827 g/mol. The predicted octanol–water partition coefficient (Wildman–Crippen LogP) is 2.84. The standard InChI is InChI=1S/C46H69N7O11/c1-6-31(4)43(50-45(62)36(22-32(5)54)23-37-26-47-29-49-37)40(56)24-35(21-30(2)3)44(61)48-25-34-9-7-33(8-10-34)11-12-38(55)13-14-39(46(63)64)53-19-17-51(27-41(57)58)15-16-52(18-20-53)28-42(59)60/h7-10,26,29-31,35-36,39,43H,6,11-25,27-28H2,1-5H3,(H,47,49)(H,48,61)(H,50,62)(H,57,58)(H,59,60)(H,63,64)/t31?,35-,36+,39?,43+/m1/s1. The number of carboxylic acids is 3. The first-order valence-electron chi connectivity index (χ1n) is 22.4. The number of carbonyl (C=O) groups is 8. The number of carbonyl (C=O) groups excluding carboxylic acids is 5. The second-order valence-electron chi connectivity index (χ2n) is 17.6. The van der Waals surface area contributed by atoms with Crippen LogP contribution in [-0.2, 0) is 57.7 Å². The second kappa shape index (κ2) is 27.1. The number of nitrogens with one attached hydrogen (secondary N) is 3. The summed E-state index contributed by atoms with van der Waals surface area (Å²) >= 11 is 0. The van der Waals surface area contributed by atoms with Crippen molar-refractivity contribution in [1.29, 1.82) is 0 Å². The Morgan fingerprint density at radius 2 is 1.38 bits per heavy atom. The van der Waals surface area contributed by atoms with Gasteiger partial charge < -0.3 is 35.7 Å². The topological polar surface area (TPSA) is 260 Å². The molecule has 5 atom stereocenters. The molecule has 1 fully saturated rings. The van der Waals surface area contributed by atoms with Crippen LogP contribution in [0.2, 0.25) is 0 Å². The Balaban J connectivity index is 1.56. The van der Waals surface area contributed by atoms with Gasteiger partial charge in [-0.25, -0.2) is 4.98 Å². The van der Waals surface area contributed by atoms with Crippen molar-refractivity contribution in [3.05, 3.63) is 53.6 Å². The molecule has 1 aliphatic rings. The molecule has 0 spiro atoms. The van der Waals surface area contributed by atoms with Gasteiger partial charge >= 0.3 is 17.9 Å². The van der Waals surface area contributed by atoms with Crippen LogP contribution in [0.4, 0.5) is 0 Å². The highest BCUT2D eigenvalue weighted by Crippen LogP contribution is 2.22.